The van der Waals surface area contributed by atoms with Crippen LogP contribution in [0.25, 0.3) is 11.3 Å². The van der Waals surface area contributed by atoms with Crippen LogP contribution in [0.4, 0.5) is 4.79 Å². The van der Waals surface area contributed by atoms with Crippen LogP contribution in [-0.4, -0.2) is 56.5 Å². The van der Waals surface area contributed by atoms with E-state index < -0.39 is 9.84 Å². The second-order valence-corrected chi connectivity index (χ2v) is 10.6. The molecule has 0 N–H and O–H groups in total. The second-order valence-electron chi connectivity index (χ2n) is 8.49. The van der Waals surface area contributed by atoms with Gasteiger partial charge in [0.05, 0.1) is 24.3 Å². The SMILES string of the molecule is CCC(C)OC(=O)N1CCC(COc2ccc(-c3ccc(CS(C)(=O)=O)cc3)nc2)CC1. The Labute approximate surface area is 190 Å². The van der Waals surface area contributed by atoms with Gasteiger partial charge in [0.25, 0.3) is 0 Å². The van der Waals surface area contributed by atoms with Crippen molar-refractivity contribution in [1.29, 1.82) is 0 Å². The summed E-state index contributed by atoms with van der Waals surface area (Å²) in [6.45, 7) is 5.88. The number of sulfone groups is 1. The van der Waals surface area contributed by atoms with E-state index in [-0.39, 0.29) is 18.0 Å². The molecule has 1 amide bonds. The van der Waals surface area contributed by atoms with Gasteiger partial charge in [0.1, 0.15) is 11.9 Å². The van der Waals surface area contributed by atoms with Crippen molar-refractivity contribution in [3.63, 3.8) is 0 Å². The minimum atomic E-state index is -3.05. The fraction of sp³-hybridized carbons (Fsp3) is 0.500. The van der Waals surface area contributed by atoms with Crippen molar-refractivity contribution in [2.45, 2.75) is 45.0 Å². The Hall–Kier alpha value is -2.61. The van der Waals surface area contributed by atoms with Crippen molar-refractivity contribution in [3.8, 4) is 17.0 Å². The van der Waals surface area contributed by atoms with Crippen LogP contribution in [0.1, 0.15) is 38.7 Å². The Bertz CT molecular complexity index is 982. The summed E-state index contributed by atoms with van der Waals surface area (Å²) in [6, 6.07) is 11.2. The van der Waals surface area contributed by atoms with Gasteiger partial charge in [-0.05, 0) is 49.8 Å². The number of amides is 1. The molecule has 32 heavy (non-hydrogen) atoms. The molecule has 7 nitrogen and oxygen atoms in total. The quantitative estimate of drug-likeness (QED) is 0.583. The predicted octanol–water partition coefficient (Wildman–Crippen LogP) is 4.32. The summed E-state index contributed by atoms with van der Waals surface area (Å²) in [5.41, 5.74) is 2.48. The summed E-state index contributed by atoms with van der Waals surface area (Å²) in [4.78, 5) is 18.4. The average Bonchev–Trinajstić information content (AvgIpc) is 2.78. The van der Waals surface area contributed by atoms with Crippen LogP contribution >= 0.6 is 0 Å². The molecule has 1 aliphatic heterocycles. The normalized spacial score (nSPS) is 15.9. The Balaban J connectivity index is 1.46. The van der Waals surface area contributed by atoms with Crippen molar-refractivity contribution in [1.82, 2.24) is 9.88 Å². The van der Waals surface area contributed by atoms with E-state index >= 15 is 0 Å². The zero-order chi connectivity index (χ0) is 23.1. The molecule has 0 bridgehead atoms. The number of likely N-dealkylation sites (tertiary alicyclic amines) is 1. The molecule has 1 fully saturated rings. The van der Waals surface area contributed by atoms with E-state index in [2.05, 4.69) is 4.98 Å². The van der Waals surface area contributed by atoms with Crippen LogP contribution in [0.5, 0.6) is 5.75 Å². The minimum Gasteiger partial charge on any atom is -0.492 e. The van der Waals surface area contributed by atoms with Gasteiger partial charge in [-0.25, -0.2) is 13.2 Å². The highest BCUT2D eigenvalue weighted by Crippen LogP contribution is 2.23. The molecule has 0 radical (unpaired) electrons. The smallest absolute Gasteiger partial charge is 0.410 e. The Kier molecular flexibility index (Phi) is 8.12. The van der Waals surface area contributed by atoms with E-state index in [0.29, 0.717) is 31.4 Å². The summed E-state index contributed by atoms with van der Waals surface area (Å²) in [6.07, 6.45) is 5.26. The third kappa shape index (κ3) is 7.22. The van der Waals surface area contributed by atoms with Crippen molar-refractivity contribution in [2.75, 3.05) is 26.0 Å². The summed E-state index contributed by atoms with van der Waals surface area (Å²) in [5.74, 6) is 1.14. The summed E-state index contributed by atoms with van der Waals surface area (Å²) in [5, 5.41) is 0. The van der Waals surface area contributed by atoms with Crippen LogP contribution in [0, 0.1) is 5.92 Å². The lowest BCUT2D eigenvalue weighted by Gasteiger charge is -2.31. The highest BCUT2D eigenvalue weighted by Gasteiger charge is 2.25. The molecule has 2 heterocycles. The maximum absolute atomic E-state index is 12.1. The topological polar surface area (TPSA) is 85.8 Å². The zero-order valence-corrected chi connectivity index (χ0v) is 19.8. The molecule has 1 unspecified atom stereocenters. The molecule has 8 heteroatoms. The minimum absolute atomic E-state index is 0.0332. The molecule has 2 aromatic rings. The van der Waals surface area contributed by atoms with Gasteiger partial charge in [-0.1, -0.05) is 31.2 Å². The van der Waals surface area contributed by atoms with Gasteiger partial charge in [-0.15, -0.1) is 0 Å². The van der Waals surface area contributed by atoms with Gasteiger partial charge < -0.3 is 14.4 Å². The van der Waals surface area contributed by atoms with Crippen molar-refractivity contribution < 1.29 is 22.7 Å². The number of aromatic nitrogens is 1. The number of piperidine rings is 1. The zero-order valence-electron chi connectivity index (χ0n) is 19.0. The number of benzene rings is 1. The molecule has 1 aromatic carbocycles. The lowest BCUT2D eigenvalue weighted by molar-refractivity contribution is 0.0540. The molecular formula is C24H32N2O5S. The van der Waals surface area contributed by atoms with Gasteiger partial charge in [-0.2, -0.15) is 0 Å². The third-order valence-electron chi connectivity index (χ3n) is 5.65. The van der Waals surface area contributed by atoms with Crippen LogP contribution in [0.3, 0.4) is 0 Å². The molecule has 1 aliphatic rings. The molecule has 0 saturated carbocycles. The Morgan fingerprint density at radius 3 is 2.41 bits per heavy atom. The van der Waals surface area contributed by atoms with Gasteiger partial charge >= 0.3 is 6.09 Å². The van der Waals surface area contributed by atoms with Crippen LogP contribution in [0.2, 0.25) is 0 Å². The number of hydrogen-bond acceptors (Lipinski definition) is 6. The Morgan fingerprint density at radius 1 is 1.16 bits per heavy atom. The number of hydrogen-bond donors (Lipinski definition) is 0. The average molecular weight is 461 g/mol. The molecule has 0 spiro atoms. The van der Waals surface area contributed by atoms with E-state index in [1.807, 2.05) is 50.2 Å². The molecule has 1 atom stereocenters. The lowest BCUT2D eigenvalue weighted by Crippen LogP contribution is -2.41. The number of ether oxygens (including phenoxy) is 2. The first-order valence-corrected chi connectivity index (χ1v) is 13.1. The summed E-state index contributed by atoms with van der Waals surface area (Å²) < 4.78 is 34.2. The van der Waals surface area contributed by atoms with Gasteiger partial charge in [0.2, 0.25) is 0 Å². The van der Waals surface area contributed by atoms with E-state index in [1.54, 1.807) is 11.1 Å². The van der Waals surface area contributed by atoms with Gasteiger partial charge in [0, 0.05) is 24.9 Å². The van der Waals surface area contributed by atoms with E-state index in [4.69, 9.17) is 9.47 Å². The van der Waals surface area contributed by atoms with Crippen molar-refractivity contribution in [2.24, 2.45) is 5.92 Å². The van der Waals surface area contributed by atoms with Gasteiger partial charge in [0.15, 0.2) is 9.84 Å². The second kappa shape index (κ2) is 10.8. The van der Waals surface area contributed by atoms with E-state index in [9.17, 15) is 13.2 Å². The van der Waals surface area contributed by atoms with Crippen LogP contribution < -0.4 is 4.74 Å². The van der Waals surface area contributed by atoms with E-state index in [1.165, 1.54) is 6.26 Å². The lowest BCUT2D eigenvalue weighted by atomic mass is 9.98. The number of rotatable bonds is 8. The van der Waals surface area contributed by atoms with E-state index in [0.717, 1.165) is 36.1 Å². The number of nitrogens with zero attached hydrogens (tertiary/aromatic N) is 2. The highest BCUT2D eigenvalue weighted by atomic mass is 32.2. The summed E-state index contributed by atoms with van der Waals surface area (Å²) in [7, 11) is -3.05. The third-order valence-corrected chi connectivity index (χ3v) is 6.51. The first-order valence-electron chi connectivity index (χ1n) is 11.0. The Morgan fingerprint density at radius 2 is 1.84 bits per heavy atom. The number of carbonyl (C=O) groups excluding carboxylic acids is 1. The molecule has 1 aromatic heterocycles. The largest absolute Gasteiger partial charge is 0.492 e. The van der Waals surface area contributed by atoms with Gasteiger partial charge in [-0.3, -0.25) is 4.98 Å². The van der Waals surface area contributed by atoms with Crippen molar-refractivity contribution >= 4 is 15.9 Å². The number of carbonyl (C=O) groups is 1. The monoisotopic (exact) mass is 460 g/mol. The first kappa shape index (κ1) is 24.0. The highest BCUT2D eigenvalue weighted by molar-refractivity contribution is 7.89. The maximum Gasteiger partial charge on any atom is 0.410 e. The molecule has 0 aliphatic carbocycles. The van der Waals surface area contributed by atoms with Crippen LogP contribution in [-0.2, 0) is 20.3 Å². The molecule has 174 valence electrons. The standard InChI is InChI=1S/C24H32N2O5S/c1-4-18(2)31-24(27)26-13-11-19(12-14-26)16-30-22-9-10-23(25-15-22)21-7-5-20(6-8-21)17-32(3,28)29/h5-10,15,18-19H,4,11-14,16-17H2,1-3H3. The van der Waals surface area contributed by atoms with Crippen molar-refractivity contribution in [3.05, 3.63) is 48.2 Å². The molecular weight excluding hydrogens is 428 g/mol. The molecule has 3 rings (SSSR count). The predicted molar refractivity (Wildman–Crippen MR) is 124 cm³/mol. The maximum atomic E-state index is 12.1. The summed E-state index contributed by atoms with van der Waals surface area (Å²) >= 11 is 0. The molecule has 1 saturated heterocycles. The first-order chi connectivity index (χ1) is 15.2. The number of pyridine rings is 1. The fourth-order valence-corrected chi connectivity index (χ4v) is 4.34. The van der Waals surface area contributed by atoms with Crippen LogP contribution in [0.15, 0.2) is 42.6 Å². The fourth-order valence-electron chi connectivity index (χ4n) is 3.54.